The van der Waals surface area contributed by atoms with Crippen LogP contribution >= 0.6 is 23.4 Å². The molecule has 0 spiro atoms. The number of nitrogens with zero attached hydrogens (tertiary/aromatic N) is 3. The molecule has 1 N–H and O–H groups in total. The molecule has 0 atom stereocenters. The third-order valence-corrected chi connectivity index (χ3v) is 5.87. The monoisotopic (exact) mass is 448 g/mol. The van der Waals surface area contributed by atoms with Crippen molar-refractivity contribution in [3.8, 4) is 17.1 Å². The molecule has 0 unspecified atom stereocenters. The minimum Gasteiger partial charge on any atom is -0.351 e. The zero-order valence-corrected chi connectivity index (χ0v) is 18.5. The molecular formula is C24H21ClN4OS. The second-order valence-electron chi connectivity index (χ2n) is 7.04. The Morgan fingerprint density at radius 2 is 1.68 bits per heavy atom. The van der Waals surface area contributed by atoms with Crippen molar-refractivity contribution in [2.75, 3.05) is 5.75 Å². The summed E-state index contributed by atoms with van der Waals surface area (Å²) in [6.07, 6.45) is 0. The summed E-state index contributed by atoms with van der Waals surface area (Å²) in [6.45, 7) is 2.54. The molecule has 0 aliphatic heterocycles. The zero-order valence-electron chi connectivity index (χ0n) is 17.0. The first-order valence-corrected chi connectivity index (χ1v) is 11.2. The van der Waals surface area contributed by atoms with Gasteiger partial charge in [-0.05, 0) is 36.8 Å². The van der Waals surface area contributed by atoms with E-state index in [-0.39, 0.29) is 11.7 Å². The summed E-state index contributed by atoms with van der Waals surface area (Å²) < 4.78 is 1.95. The van der Waals surface area contributed by atoms with E-state index in [9.17, 15) is 4.79 Å². The van der Waals surface area contributed by atoms with E-state index in [0.29, 0.717) is 22.5 Å². The highest BCUT2D eigenvalue weighted by Crippen LogP contribution is 2.28. The third-order valence-electron chi connectivity index (χ3n) is 4.69. The second-order valence-corrected chi connectivity index (χ2v) is 8.41. The van der Waals surface area contributed by atoms with Crippen LogP contribution in [0.5, 0.6) is 0 Å². The van der Waals surface area contributed by atoms with Gasteiger partial charge in [-0.2, -0.15) is 0 Å². The molecule has 5 nitrogen and oxygen atoms in total. The summed E-state index contributed by atoms with van der Waals surface area (Å²) in [5.74, 6) is 0.898. The number of carbonyl (C=O) groups is 1. The van der Waals surface area contributed by atoms with E-state index in [2.05, 4.69) is 15.5 Å². The average Bonchev–Trinajstić information content (AvgIpc) is 3.22. The van der Waals surface area contributed by atoms with E-state index in [0.717, 1.165) is 16.8 Å². The Hall–Kier alpha value is -3.09. The third kappa shape index (κ3) is 5.34. The zero-order chi connectivity index (χ0) is 21.6. The Morgan fingerprint density at radius 3 is 2.39 bits per heavy atom. The first kappa shape index (κ1) is 21.2. The molecule has 3 aromatic carbocycles. The lowest BCUT2D eigenvalue weighted by atomic mass is 10.1. The first-order valence-electron chi connectivity index (χ1n) is 9.82. The number of hydrogen-bond donors (Lipinski definition) is 1. The number of nitrogens with one attached hydrogen (secondary N) is 1. The summed E-state index contributed by atoms with van der Waals surface area (Å²) in [5.41, 5.74) is 4.09. The minimum absolute atomic E-state index is 0.0579. The highest BCUT2D eigenvalue weighted by atomic mass is 35.5. The van der Waals surface area contributed by atoms with Crippen LogP contribution in [-0.4, -0.2) is 26.4 Å². The predicted octanol–water partition coefficient (Wildman–Crippen LogP) is 5.30. The number of carbonyl (C=O) groups excluding carboxylic acids is 1. The van der Waals surface area contributed by atoms with E-state index in [1.54, 1.807) is 0 Å². The van der Waals surface area contributed by atoms with Crippen molar-refractivity contribution in [2.24, 2.45) is 0 Å². The summed E-state index contributed by atoms with van der Waals surface area (Å²) in [4.78, 5) is 12.4. The summed E-state index contributed by atoms with van der Waals surface area (Å²) >= 11 is 7.42. The molecular weight excluding hydrogens is 428 g/mol. The van der Waals surface area contributed by atoms with E-state index in [4.69, 9.17) is 11.6 Å². The molecule has 0 fully saturated rings. The normalized spacial score (nSPS) is 10.8. The molecule has 0 aliphatic carbocycles. The molecule has 4 aromatic rings. The Kier molecular flexibility index (Phi) is 6.70. The lowest BCUT2D eigenvalue weighted by molar-refractivity contribution is -0.118. The number of aryl methyl sites for hydroxylation is 1. The molecule has 31 heavy (non-hydrogen) atoms. The Morgan fingerprint density at radius 1 is 0.968 bits per heavy atom. The van der Waals surface area contributed by atoms with Crippen molar-refractivity contribution < 1.29 is 4.79 Å². The van der Waals surface area contributed by atoms with Crippen molar-refractivity contribution in [1.82, 2.24) is 20.1 Å². The van der Waals surface area contributed by atoms with Gasteiger partial charge in [-0.3, -0.25) is 9.36 Å². The number of hydrogen-bond acceptors (Lipinski definition) is 4. The molecule has 156 valence electrons. The maximum atomic E-state index is 12.4. The first-order chi connectivity index (χ1) is 15.1. The van der Waals surface area contributed by atoms with Gasteiger partial charge in [-0.15, -0.1) is 10.2 Å². The molecule has 4 rings (SSSR count). The fourth-order valence-electron chi connectivity index (χ4n) is 3.05. The topological polar surface area (TPSA) is 59.8 Å². The molecule has 0 bridgehead atoms. The molecule has 0 saturated heterocycles. The summed E-state index contributed by atoms with van der Waals surface area (Å²) in [5, 5.41) is 13.0. The van der Waals surface area contributed by atoms with Crippen LogP contribution in [0.1, 0.15) is 11.1 Å². The molecule has 0 saturated carbocycles. The van der Waals surface area contributed by atoms with Crippen LogP contribution in [0.2, 0.25) is 5.02 Å². The smallest absolute Gasteiger partial charge is 0.230 e. The van der Waals surface area contributed by atoms with Gasteiger partial charge in [0.25, 0.3) is 0 Å². The van der Waals surface area contributed by atoms with Gasteiger partial charge >= 0.3 is 0 Å². The van der Waals surface area contributed by atoms with Gasteiger partial charge in [-0.25, -0.2) is 0 Å². The van der Waals surface area contributed by atoms with E-state index < -0.39 is 0 Å². The molecule has 1 heterocycles. The number of amides is 1. The van der Waals surface area contributed by atoms with Gasteiger partial charge in [0.15, 0.2) is 11.0 Å². The second kappa shape index (κ2) is 9.81. The van der Waals surface area contributed by atoms with Crippen molar-refractivity contribution in [3.63, 3.8) is 0 Å². The number of aromatic nitrogens is 3. The van der Waals surface area contributed by atoms with Gasteiger partial charge < -0.3 is 5.32 Å². The van der Waals surface area contributed by atoms with Crippen LogP contribution in [0, 0.1) is 6.92 Å². The van der Waals surface area contributed by atoms with E-state index in [1.165, 1.54) is 17.3 Å². The van der Waals surface area contributed by atoms with E-state index in [1.807, 2.05) is 90.4 Å². The highest BCUT2D eigenvalue weighted by molar-refractivity contribution is 7.99. The molecule has 1 aromatic heterocycles. The summed E-state index contributed by atoms with van der Waals surface area (Å²) in [6, 6.07) is 25.5. The van der Waals surface area contributed by atoms with Crippen LogP contribution in [0.3, 0.4) is 0 Å². The molecule has 7 heteroatoms. The quantitative estimate of drug-likeness (QED) is 0.389. The summed E-state index contributed by atoms with van der Waals surface area (Å²) in [7, 11) is 0. The number of thioether (sulfide) groups is 1. The predicted molar refractivity (Wildman–Crippen MR) is 126 cm³/mol. The lowest BCUT2D eigenvalue weighted by Crippen LogP contribution is -2.24. The van der Waals surface area contributed by atoms with Crippen LogP contribution < -0.4 is 5.32 Å². The number of benzene rings is 3. The Labute approximate surface area is 190 Å². The van der Waals surface area contributed by atoms with Crippen LogP contribution in [0.25, 0.3) is 17.1 Å². The lowest BCUT2D eigenvalue weighted by Gasteiger charge is -2.11. The van der Waals surface area contributed by atoms with Crippen LogP contribution in [0.15, 0.2) is 84.0 Å². The highest BCUT2D eigenvalue weighted by Gasteiger charge is 2.17. The maximum absolute atomic E-state index is 12.4. The van der Waals surface area contributed by atoms with Gasteiger partial charge in [0.05, 0.1) is 5.75 Å². The SMILES string of the molecule is Cc1ccc(CNC(=O)CSc2nnc(-c3ccccc3)n2-c2ccc(Cl)cc2)cc1. The van der Waals surface area contributed by atoms with Gasteiger partial charge in [0.1, 0.15) is 0 Å². The largest absolute Gasteiger partial charge is 0.351 e. The Balaban J connectivity index is 1.51. The fraction of sp³-hybridized carbons (Fsp3) is 0.125. The molecule has 0 aliphatic rings. The molecule has 1 amide bonds. The average molecular weight is 449 g/mol. The fourth-order valence-corrected chi connectivity index (χ4v) is 3.96. The van der Waals surface area contributed by atoms with Crippen molar-refractivity contribution in [1.29, 1.82) is 0 Å². The van der Waals surface area contributed by atoms with Gasteiger partial charge in [0.2, 0.25) is 5.91 Å². The van der Waals surface area contributed by atoms with Crippen molar-refractivity contribution in [2.45, 2.75) is 18.6 Å². The van der Waals surface area contributed by atoms with E-state index >= 15 is 0 Å². The van der Waals surface area contributed by atoms with Crippen molar-refractivity contribution >= 4 is 29.3 Å². The number of rotatable bonds is 7. The number of halogens is 1. The van der Waals surface area contributed by atoms with Gasteiger partial charge in [0, 0.05) is 22.8 Å². The molecule has 0 radical (unpaired) electrons. The standard InChI is InChI=1S/C24H21ClN4OS/c1-17-7-9-18(10-8-17)15-26-22(30)16-31-24-28-27-23(19-5-3-2-4-6-19)29(24)21-13-11-20(25)12-14-21/h2-14H,15-16H2,1H3,(H,26,30). The van der Waals surface area contributed by atoms with Crippen LogP contribution in [-0.2, 0) is 11.3 Å². The van der Waals surface area contributed by atoms with Crippen LogP contribution in [0.4, 0.5) is 0 Å². The Bertz CT molecular complexity index is 1160. The minimum atomic E-state index is -0.0579. The van der Waals surface area contributed by atoms with Crippen molar-refractivity contribution in [3.05, 3.63) is 95.0 Å². The maximum Gasteiger partial charge on any atom is 0.230 e. The van der Waals surface area contributed by atoms with Gasteiger partial charge in [-0.1, -0.05) is 83.5 Å².